The van der Waals surface area contributed by atoms with Crippen molar-refractivity contribution in [3.05, 3.63) is 102 Å². The van der Waals surface area contributed by atoms with Crippen LogP contribution in [0.5, 0.6) is 11.5 Å². The van der Waals surface area contributed by atoms with E-state index < -0.39 is 12.1 Å². The topological polar surface area (TPSA) is 102 Å². The first-order chi connectivity index (χ1) is 19.4. The van der Waals surface area contributed by atoms with Gasteiger partial charge in [0.15, 0.2) is 0 Å². The van der Waals surface area contributed by atoms with Crippen molar-refractivity contribution in [1.82, 2.24) is 9.88 Å². The van der Waals surface area contributed by atoms with Gasteiger partial charge < -0.3 is 23.9 Å². The van der Waals surface area contributed by atoms with Gasteiger partial charge in [-0.15, -0.1) is 0 Å². The van der Waals surface area contributed by atoms with Gasteiger partial charge in [-0.25, -0.2) is 9.78 Å². The maximum absolute atomic E-state index is 12.8. The normalized spacial score (nSPS) is 16.6. The van der Waals surface area contributed by atoms with Crippen LogP contribution < -0.4 is 9.47 Å². The molecule has 2 atom stereocenters. The Balaban J connectivity index is 1.19. The van der Waals surface area contributed by atoms with Crippen molar-refractivity contribution in [3.8, 4) is 23.0 Å². The number of aromatic nitrogens is 1. The van der Waals surface area contributed by atoms with E-state index >= 15 is 0 Å². The maximum atomic E-state index is 12.8. The van der Waals surface area contributed by atoms with Crippen LogP contribution in [0.2, 0.25) is 0 Å². The van der Waals surface area contributed by atoms with Crippen LogP contribution in [0.4, 0.5) is 4.79 Å². The molecule has 0 aliphatic carbocycles. The highest BCUT2D eigenvalue weighted by molar-refractivity contribution is 5.72. The highest BCUT2D eigenvalue weighted by Gasteiger charge is 2.37. The molecule has 5 rings (SSSR count). The summed E-state index contributed by atoms with van der Waals surface area (Å²) in [6, 6.07) is 26.5. The van der Waals surface area contributed by atoms with Gasteiger partial charge in [-0.1, -0.05) is 48.5 Å². The van der Waals surface area contributed by atoms with Crippen molar-refractivity contribution in [2.75, 3.05) is 19.7 Å². The zero-order valence-electron chi connectivity index (χ0n) is 22.4. The number of aryl methyl sites for hydroxylation is 1. The third kappa shape index (κ3) is 6.88. The zero-order valence-corrected chi connectivity index (χ0v) is 22.4. The molecule has 2 heterocycles. The molecule has 1 fully saturated rings. The molecule has 1 saturated heterocycles. The third-order valence-corrected chi connectivity index (χ3v) is 7.14. The van der Waals surface area contributed by atoms with Crippen LogP contribution in [0.3, 0.4) is 0 Å². The van der Waals surface area contributed by atoms with Crippen LogP contribution >= 0.6 is 0 Å². The number of carboxylic acids is 1. The molecule has 206 valence electrons. The van der Waals surface area contributed by atoms with E-state index in [4.69, 9.17) is 13.9 Å². The molecule has 40 heavy (non-hydrogen) atoms. The van der Waals surface area contributed by atoms with Crippen molar-refractivity contribution in [2.24, 2.45) is 11.8 Å². The van der Waals surface area contributed by atoms with E-state index in [1.54, 1.807) is 29.2 Å². The molecule has 3 aromatic carbocycles. The predicted octanol–water partition coefficient (Wildman–Crippen LogP) is 6.04. The van der Waals surface area contributed by atoms with E-state index in [1.165, 1.54) is 0 Å². The molecule has 4 aromatic rings. The first-order valence-corrected chi connectivity index (χ1v) is 13.4. The van der Waals surface area contributed by atoms with Crippen molar-refractivity contribution < 1.29 is 28.6 Å². The Labute approximate surface area is 233 Å². The quantitative estimate of drug-likeness (QED) is 0.262. The number of oxazole rings is 1. The Morgan fingerprint density at radius 1 is 0.950 bits per heavy atom. The standard InChI is InChI=1S/C32H32N2O6/c1-22-29(33-31(39-22)24-10-4-2-5-11-24)15-16-38-28-14-8-9-23(18-28)17-25-20-34(21-26(25)19-30(35)36)32(37)40-27-12-6-3-7-13-27/h2-14,18,25-26H,15-17,19-21H2,1H3,(H,35,36)/t25-,26-/m0/s1. The van der Waals surface area contributed by atoms with E-state index in [2.05, 4.69) is 4.98 Å². The maximum Gasteiger partial charge on any atom is 0.415 e. The van der Waals surface area contributed by atoms with Gasteiger partial charge in [-0.3, -0.25) is 4.79 Å². The van der Waals surface area contributed by atoms with Crippen LogP contribution in [-0.2, 0) is 17.6 Å². The fraction of sp³-hybridized carbons (Fsp3) is 0.281. The average Bonchev–Trinajstić information content (AvgIpc) is 3.52. The van der Waals surface area contributed by atoms with Gasteiger partial charge in [-0.05, 0) is 67.1 Å². The van der Waals surface area contributed by atoms with Crippen LogP contribution in [0, 0.1) is 18.8 Å². The first-order valence-electron chi connectivity index (χ1n) is 13.4. The van der Waals surface area contributed by atoms with Gasteiger partial charge in [0.1, 0.15) is 17.3 Å². The molecule has 1 N–H and O–H groups in total. The molecule has 0 bridgehead atoms. The second-order valence-corrected chi connectivity index (χ2v) is 10.0. The average molecular weight is 541 g/mol. The lowest BCUT2D eigenvalue weighted by Crippen LogP contribution is -2.32. The fourth-order valence-electron chi connectivity index (χ4n) is 5.12. The summed E-state index contributed by atoms with van der Waals surface area (Å²) >= 11 is 0. The second-order valence-electron chi connectivity index (χ2n) is 10.0. The Kier molecular flexibility index (Phi) is 8.44. The van der Waals surface area contributed by atoms with Gasteiger partial charge in [0.05, 0.1) is 18.7 Å². The fourth-order valence-corrected chi connectivity index (χ4v) is 5.12. The Hall–Kier alpha value is -4.59. The number of para-hydroxylation sites is 1. The minimum absolute atomic E-state index is 0.00199. The molecule has 1 amide bonds. The first kappa shape index (κ1) is 27.0. The number of nitrogens with zero attached hydrogens (tertiary/aromatic N) is 2. The van der Waals surface area contributed by atoms with Crippen molar-refractivity contribution in [1.29, 1.82) is 0 Å². The number of hydrogen-bond acceptors (Lipinski definition) is 6. The van der Waals surface area contributed by atoms with Gasteiger partial charge in [0.25, 0.3) is 0 Å². The molecule has 1 aliphatic rings. The smallest absolute Gasteiger partial charge is 0.415 e. The summed E-state index contributed by atoms with van der Waals surface area (Å²) in [6.07, 6.45) is 0.777. The van der Waals surface area contributed by atoms with E-state index in [0.717, 1.165) is 28.3 Å². The van der Waals surface area contributed by atoms with Crippen LogP contribution in [0.1, 0.15) is 23.4 Å². The van der Waals surface area contributed by atoms with E-state index in [1.807, 2.05) is 67.6 Å². The molecule has 1 aliphatic heterocycles. The minimum atomic E-state index is -0.871. The largest absolute Gasteiger partial charge is 0.493 e. The SMILES string of the molecule is Cc1oc(-c2ccccc2)nc1CCOc1cccc(C[C@H]2CN(C(=O)Oc3ccccc3)C[C@@H]2CC(=O)O)c1. The molecular formula is C32H32N2O6. The van der Waals surface area contributed by atoms with Crippen LogP contribution in [0.15, 0.2) is 89.3 Å². The number of carboxylic acid groups (broad SMARTS) is 1. The Morgan fingerprint density at radius 3 is 2.40 bits per heavy atom. The van der Waals surface area contributed by atoms with Crippen LogP contribution in [-0.4, -0.2) is 46.7 Å². The van der Waals surface area contributed by atoms with Gasteiger partial charge in [0.2, 0.25) is 5.89 Å². The molecule has 0 unspecified atom stereocenters. The summed E-state index contributed by atoms with van der Waals surface area (Å²) in [4.78, 5) is 30.6. The summed E-state index contributed by atoms with van der Waals surface area (Å²) < 4.78 is 17.4. The lowest BCUT2D eigenvalue weighted by molar-refractivity contribution is -0.138. The number of hydrogen-bond donors (Lipinski definition) is 1. The van der Waals surface area contributed by atoms with E-state index in [-0.39, 0.29) is 18.3 Å². The number of carbonyl (C=O) groups is 2. The highest BCUT2D eigenvalue weighted by atomic mass is 16.6. The number of amides is 1. The molecule has 8 nitrogen and oxygen atoms in total. The molecule has 0 spiro atoms. The number of rotatable bonds is 10. The summed E-state index contributed by atoms with van der Waals surface area (Å²) in [5.74, 6) is 1.52. The van der Waals surface area contributed by atoms with Crippen molar-refractivity contribution in [2.45, 2.75) is 26.2 Å². The predicted molar refractivity (Wildman–Crippen MR) is 149 cm³/mol. The summed E-state index contributed by atoms with van der Waals surface area (Å²) in [5, 5.41) is 9.47. The lowest BCUT2D eigenvalue weighted by atomic mass is 9.87. The van der Waals surface area contributed by atoms with Gasteiger partial charge in [0, 0.05) is 25.1 Å². The minimum Gasteiger partial charge on any atom is -0.493 e. The second kappa shape index (κ2) is 12.5. The summed E-state index contributed by atoms with van der Waals surface area (Å²) in [5.41, 5.74) is 2.82. The van der Waals surface area contributed by atoms with Gasteiger partial charge >= 0.3 is 12.1 Å². The Bertz CT molecular complexity index is 1440. The van der Waals surface area contributed by atoms with Crippen molar-refractivity contribution in [3.63, 3.8) is 0 Å². The molecular weight excluding hydrogens is 508 g/mol. The molecule has 0 saturated carbocycles. The monoisotopic (exact) mass is 540 g/mol. The number of ether oxygens (including phenoxy) is 2. The van der Waals surface area contributed by atoms with Crippen molar-refractivity contribution >= 4 is 12.1 Å². The van der Waals surface area contributed by atoms with Gasteiger partial charge in [-0.2, -0.15) is 0 Å². The number of likely N-dealkylation sites (tertiary alicyclic amines) is 1. The summed E-state index contributed by atoms with van der Waals surface area (Å²) in [7, 11) is 0. The summed E-state index contributed by atoms with van der Waals surface area (Å²) in [6.45, 7) is 3.13. The third-order valence-electron chi connectivity index (χ3n) is 7.14. The Morgan fingerprint density at radius 2 is 1.65 bits per heavy atom. The number of benzene rings is 3. The number of aliphatic carboxylic acids is 1. The molecule has 1 aromatic heterocycles. The van der Waals surface area contributed by atoms with E-state index in [0.29, 0.717) is 44.2 Å². The molecule has 8 heteroatoms. The van der Waals surface area contributed by atoms with E-state index in [9.17, 15) is 14.7 Å². The lowest BCUT2D eigenvalue weighted by Gasteiger charge is -2.17. The highest BCUT2D eigenvalue weighted by Crippen LogP contribution is 2.31. The molecule has 0 radical (unpaired) electrons. The number of carbonyl (C=O) groups excluding carboxylic acids is 1. The zero-order chi connectivity index (χ0) is 27.9. The van der Waals surface area contributed by atoms with Crippen LogP contribution in [0.25, 0.3) is 11.5 Å².